The summed E-state index contributed by atoms with van der Waals surface area (Å²) in [5.41, 5.74) is 2.67. The number of aryl methyl sites for hydroxylation is 1. The lowest BCUT2D eigenvalue weighted by Gasteiger charge is -1.97. The molecule has 0 saturated heterocycles. The Hall–Kier alpha value is -0.210. The van der Waals surface area contributed by atoms with Crippen molar-refractivity contribution in [2.75, 3.05) is 0 Å². The van der Waals surface area contributed by atoms with E-state index in [4.69, 9.17) is 12.2 Å². The third-order valence-corrected chi connectivity index (χ3v) is 2.91. The molecular weight excluding hydrogens is 220 g/mol. The predicted molar refractivity (Wildman–Crippen MR) is 54.2 cm³/mol. The highest BCUT2D eigenvalue weighted by atomic mass is 79.9. The number of benzene rings is 1. The van der Waals surface area contributed by atoms with Crippen LogP contribution in [0.1, 0.15) is 17.5 Å². The van der Waals surface area contributed by atoms with Gasteiger partial charge in [-0.25, -0.2) is 0 Å². The van der Waals surface area contributed by atoms with E-state index in [1.54, 1.807) is 0 Å². The molecule has 0 atom stereocenters. The molecule has 1 aromatic carbocycles. The Labute approximate surface area is 79.7 Å². The molecule has 0 nitrogen and oxygen atoms in total. The Balaban J connectivity index is 2.59. The zero-order valence-electron chi connectivity index (χ0n) is 5.93. The molecule has 11 heavy (non-hydrogen) atoms. The fraction of sp³-hybridized carbons (Fsp3) is 0.222. The van der Waals surface area contributed by atoms with E-state index in [-0.39, 0.29) is 0 Å². The van der Waals surface area contributed by atoms with E-state index in [0.29, 0.717) is 0 Å². The number of thiocarbonyl (C=S) groups is 1. The Morgan fingerprint density at radius 3 is 2.91 bits per heavy atom. The maximum Gasteiger partial charge on any atom is 0.0230 e. The summed E-state index contributed by atoms with van der Waals surface area (Å²) in [5.74, 6) is 0. The zero-order chi connectivity index (χ0) is 7.84. The van der Waals surface area contributed by atoms with Crippen LogP contribution < -0.4 is 0 Å². The van der Waals surface area contributed by atoms with Gasteiger partial charge >= 0.3 is 0 Å². The smallest absolute Gasteiger partial charge is 0.0230 e. The molecule has 0 saturated carbocycles. The van der Waals surface area contributed by atoms with Crippen LogP contribution in [-0.4, -0.2) is 4.86 Å². The third-order valence-electron chi connectivity index (χ3n) is 1.99. The molecule has 0 bridgehead atoms. The quantitative estimate of drug-likeness (QED) is 0.613. The van der Waals surface area contributed by atoms with Gasteiger partial charge in [0.2, 0.25) is 0 Å². The maximum atomic E-state index is 5.20. The summed E-state index contributed by atoms with van der Waals surface area (Å²) in [4.78, 5) is 1.12. The first-order chi connectivity index (χ1) is 5.27. The number of hydrogen-bond donors (Lipinski definition) is 0. The fourth-order valence-electron chi connectivity index (χ4n) is 1.42. The molecule has 2 heteroatoms. The normalized spacial score (nSPS) is 15.2. The van der Waals surface area contributed by atoms with Crippen LogP contribution in [0.5, 0.6) is 0 Å². The van der Waals surface area contributed by atoms with Crippen molar-refractivity contribution in [3.05, 3.63) is 33.8 Å². The van der Waals surface area contributed by atoms with Gasteiger partial charge in [-0.3, -0.25) is 0 Å². The standard InChI is InChI=1S/C9H7BrS/c10-7-2-3-8-6(5-7)1-4-9(8)11/h2-3,5H,1,4H2. The summed E-state index contributed by atoms with van der Waals surface area (Å²) >= 11 is 8.64. The van der Waals surface area contributed by atoms with Crippen molar-refractivity contribution in [3.8, 4) is 0 Å². The van der Waals surface area contributed by atoms with Gasteiger partial charge in [-0.2, -0.15) is 0 Å². The molecule has 1 aliphatic carbocycles. The molecule has 0 unspecified atom stereocenters. The number of fused-ring (bicyclic) bond motifs is 1. The first kappa shape index (κ1) is 7.44. The van der Waals surface area contributed by atoms with Gasteiger partial charge < -0.3 is 0 Å². The van der Waals surface area contributed by atoms with Crippen LogP contribution in [0.2, 0.25) is 0 Å². The van der Waals surface area contributed by atoms with Crippen LogP contribution in [0.15, 0.2) is 22.7 Å². The Morgan fingerprint density at radius 1 is 1.27 bits per heavy atom. The minimum absolute atomic E-state index is 1.06. The van der Waals surface area contributed by atoms with E-state index >= 15 is 0 Å². The zero-order valence-corrected chi connectivity index (χ0v) is 8.33. The van der Waals surface area contributed by atoms with Crippen molar-refractivity contribution in [2.24, 2.45) is 0 Å². The van der Waals surface area contributed by atoms with E-state index in [1.165, 1.54) is 11.1 Å². The SMILES string of the molecule is S=C1CCc2cc(Br)ccc21. The van der Waals surface area contributed by atoms with Gasteiger partial charge in [0.1, 0.15) is 0 Å². The molecule has 1 aliphatic rings. The molecule has 2 rings (SSSR count). The van der Waals surface area contributed by atoms with Gasteiger partial charge in [-0.1, -0.05) is 34.2 Å². The molecule has 0 N–H and O–H groups in total. The van der Waals surface area contributed by atoms with E-state index in [0.717, 1.165) is 22.2 Å². The van der Waals surface area contributed by atoms with Crippen LogP contribution in [-0.2, 0) is 6.42 Å². The lowest BCUT2D eigenvalue weighted by molar-refractivity contribution is 1.10. The summed E-state index contributed by atoms with van der Waals surface area (Å²) < 4.78 is 1.15. The Bertz CT molecular complexity index is 317. The highest BCUT2D eigenvalue weighted by molar-refractivity contribution is 9.10. The second kappa shape index (κ2) is 2.68. The van der Waals surface area contributed by atoms with Crippen LogP contribution in [0, 0.1) is 0 Å². The number of rotatable bonds is 0. The van der Waals surface area contributed by atoms with Crippen molar-refractivity contribution in [1.82, 2.24) is 0 Å². The van der Waals surface area contributed by atoms with Gasteiger partial charge in [-0.05, 0) is 36.1 Å². The number of hydrogen-bond acceptors (Lipinski definition) is 1. The molecule has 1 aromatic rings. The second-order valence-electron chi connectivity index (χ2n) is 2.72. The molecular formula is C9H7BrS. The van der Waals surface area contributed by atoms with Crippen molar-refractivity contribution in [1.29, 1.82) is 0 Å². The molecule has 0 radical (unpaired) electrons. The molecule has 0 fully saturated rings. The Kier molecular flexibility index (Phi) is 1.81. The van der Waals surface area contributed by atoms with Crippen molar-refractivity contribution in [3.63, 3.8) is 0 Å². The Morgan fingerprint density at radius 2 is 2.09 bits per heavy atom. The van der Waals surface area contributed by atoms with Gasteiger partial charge in [0.05, 0.1) is 0 Å². The third kappa shape index (κ3) is 1.25. The molecule has 0 heterocycles. The van der Waals surface area contributed by atoms with Gasteiger partial charge in [0.15, 0.2) is 0 Å². The summed E-state index contributed by atoms with van der Waals surface area (Å²) in [5, 5.41) is 0. The van der Waals surface area contributed by atoms with Crippen molar-refractivity contribution < 1.29 is 0 Å². The molecule has 0 amide bonds. The van der Waals surface area contributed by atoms with Crippen LogP contribution in [0.3, 0.4) is 0 Å². The molecule has 56 valence electrons. The first-order valence-electron chi connectivity index (χ1n) is 3.59. The fourth-order valence-corrected chi connectivity index (χ4v) is 2.13. The summed E-state index contributed by atoms with van der Waals surface area (Å²) in [6.45, 7) is 0. The average molecular weight is 227 g/mol. The number of halogens is 1. The van der Waals surface area contributed by atoms with Crippen LogP contribution in [0.25, 0.3) is 0 Å². The van der Waals surface area contributed by atoms with Crippen molar-refractivity contribution in [2.45, 2.75) is 12.8 Å². The summed E-state index contributed by atoms with van der Waals surface area (Å²) in [6.07, 6.45) is 2.18. The van der Waals surface area contributed by atoms with Crippen LogP contribution >= 0.6 is 28.1 Å². The molecule has 0 aromatic heterocycles. The minimum Gasteiger partial charge on any atom is -0.0842 e. The van der Waals surface area contributed by atoms with E-state index in [9.17, 15) is 0 Å². The van der Waals surface area contributed by atoms with E-state index < -0.39 is 0 Å². The van der Waals surface area contributed by atoms with Gasteiger partial charge in [0.25, 0.3) is 0 Å². The second-order valence-corrected chi connectivity index (χ2v) is 4.13. The molecule has 0 spiro atoms. The monoisotopic (exact) mass is 226 g/mol. The largest absolute Gasteiger partial charge is 0.0842 e. The topological polar surface area (TPSA) is 0 Å². The first-order valence-corrected chi connectivity index (χ1v) is 4.79. The van der Waals surface area contributed by atoms with E-state index in [1.807, 2.05) is 0 Å². The van der Waals surface area contributed by atoms with Crippen LogP contribution in [0.4, 0.5) is 0 Å². The minimum atomic E-state index is 1.06. The molecule has 0 aliphatic heterocycles. The highest BCUT2D eigenvalue weighted by Gasteiger charge is 2.14. The average Bonchev–Trinajstić information content (AvgIpc) is 2.32. The highest BCUT2D eigenvalue weighted by Crippen LogP contribution is 2.25. The maximum absolute atomic E-state index is 5.20. The van der Waals surface area contributed by atoms with Gasteiger partial charge in [0, 0.05) is 9.34 Å². The van der Waals surface area contributed by atoms with Gasteiger partial charge in [-0.15, -0.1) is 0 Å². The lowest BCUT2D eigenvalue weighted by Crippen LogP contribution is -1.87. The predicted octanol–water partition coefficient (Wildman–Crippen LogP) is 3.11. The summed E-state index contributed by atoms with van der Waals surface area (Å²) in [6, 6.07) is 6.32. The summed E-state index contributed by atoms with van der Waals surface area (Å²) in [7, 11) is 0. The van der Waals surface area contributed by atoms with Crippen molar-refractivity contribution >= 4 is 33.0 Å². The van der Waals surface area contributed by atoms with E-state index in [2.05, 4.69) is 34.1 Å². The lowest BCUT2D eigenvalue weighted by atomic mass is 10.1.